The van der Waals surface area contributed by atoms with E-state index >= 15 is 0 Å². The molecule has 0 bridgehead atoms. The smallest absolute Gasteiger partial charge is 0.254 e. The first-order valence-corrected chi connectivity index (χ1v) is 8.65. The van der Waals surface area contributed by atoms with E-state index < -0.39 is 0 Å². The second-order valence-electron chi connectivity index (χ2n) is 5.85. The molecule has 0 aliphatic rings. The van der Waals surface area contributed by atoms with E-state index in [0.29, 0.717) is 22.2 Å². The number of carbonyl (C=O) groups is 1. The SMILES string of the molecule is CN(Cc1cc(Cl)cc(Cl)c1)C(=O)c1ccccc1-c1ccccc1. The summed E-state index contributed by atoms with van der Waals surface area (Å²) in [5.74, 6) is -0.0458. The van der Waals surface area contributed by atoms with Crippen molar-refractivity contribution in [1.82, 2.24) is 4.90 Å². The lowest BCUT2D eigenvalue weighted by molar-refractivity contribution is 0.0786. The fourth-order valence-corrected chi connectivity index (χ4v) is 3.36. The van der Waals surface area contributed by atoms with Crippen molar-refractivity contribution in [1.29, 1.82) is 0 Å². The molecule has 0 saturated carbocycles. The van der Waals surface area contributed by atoms with Crippen LogP contribution in [0.15, 0.2) is 72.8 Å². The molecule has 0 saturated heterocycles. The molecular weight excluding hydrogens is 353 g/mol. The first kappa shape index (κ1) is 17.5. The molecular formula is C21H17Cl2NO. The molecule has 0 aromatic heterocycles. The van der Waals surface area contributed by atoms with Gasteiger partial charge in [0.1, 0.15) is 0 Å². The van der Waals surface area contributed by atoms with Gasteiger partial charge in [-0.2, -0.15) is 0 Å². The van der Waals surface area contributed by atoms with Gasteiger partial charge in [0.05, 0.1) is 0 Å². The number of benzene rings is 3. The predicted molar refractivity (Wildman–Crippen MR) is 104 cm³/mol. The quantitative estimate of drug-likeness (QED) is 0.557. The highest BCUT2D eigenvalue weighted by Crippen LogP contribution is 2.25. The Balaban J connectivity index is 1.88. The number of hydrogen-bond acceptors (Lipinski definition) is 1. The number of hydrogen-bond donors (Lipinski definition) is 0. The second-order valence-corrected chi connectivity index (χ2v) is 6.72. The van der Waals surface area contributed by atoms with Gasteiger partial charge < -0.3 is 4.90 Å². The second kappa shape index (κ2) is 7.73. The highest BCUT2D eigenvalue weighted by molar-refractivity contribution is 6.34. The molecule has 126 valence electrons. The molecule has 3 rings (SSSR count). The van der Waals surface area contributed by atoms with Crippen LogP contribution in [0.1, 0.15) is 15.9 Å². The van der Waals surface area contributed by atoms with Crippen LogP contribution < -0.4 is 0 Å². The van der Waals surface area contributed by atoms with E-state index in [1.807, 2.05) is 66.7 Å². The number of carbonyl (C=O) groups excluding carboxylic acids is 1. The van der Waals surface area contributed by atoms with Crippen molar-refractivity contribution < 1.29 is 4.79 Å². The zero-order chi connectivity index (χ0) is 17.8. The first-order chi connectivity index (χ1) is 12.0. The maximum Gasteiger partial charge on any atom is 0.254 e. The Kier molecular flexibility index (Phi) is 5.42. The molecule has 25 heavy (non-hydrogen) atoms. The minimum absolute atomic E-state index is 0.0458. The molecule has 3 aromatic rings. The van der Waals surface area contributed by atoms with Crippen molar-refractivity contribution >= 4 is 29.1 Å². The Labute approximate surface area is 157 Å². The average Bonchev–Trinajstić information content (AvgIpc) is 2.61. The van der Waals surface area contributed by atoms with Crippen LogP contribution in [0, 0.1) is 0 Å². The summed E-state index contributed by atoms with van der Waals surface area (Å²) in [5.41, 5.74) is 3.50. The van der Waals surface area contributed by atoms with Gasteiger partial charge in [-0.3, -0.25) is 4.79 Å². The molecule has 2 nitrogen and oxygen atoms in total. The van der Waals surface area contributed by atoms with Gasteiger partial charge in [-0.15, -0.1) is 0 Å². The van der Waals surface area contributed by atoms with Crippen LogP contribution in [0.2, 0.25) is 10.0 Å². The lowest BCUT2D eigenvalue weighted by Gasteiger charge is -2.19. The van der Waals surface area contributed by atoms with Gasteiger partial charge in [-0.1, -0.05) is 71.7 Å². The van der Waals surface area contributed by atoms with E-state index in [4.69, 9.17) is 23.2 Å². The van der Waals surface area contributed by atoms with Crippen LogP contribution in [0.5, 0.6) is 0 Å². The highest BCUT2D eigenvalue weighted by atomic mass is 35.5. The van der Waals surface area contributed by atoms with Crippen molar-refractivity contribution in [3.05, 3.63) is 94.0 Å². The van der Waals surface area contributed by atoms with Crippen LogP contribution >= 0.6 is 23.2 Å². The molecule has 0 N–H and O–H groups in total. The largest absolute Gasteiger partial charge is 0.337 e. The van der Waals surface area contributed by atoms with Gasteiger partial charge in [-0.05, 0) is 41.0 Å². The molecule has 0 aliphatic heterocycles. The van der Waals surface area contributed by atoms with Crippen LogP contribution in [0.4, 0.5) is 0 Å². The van der Waals surface area contributed by atoms with Gasteiger partial charge >= 0.3 is 0 Å². The number of nitrogens with zero attached hydrogens (tertiary/aromatic N) is 1. The Morgan fingerprint density at radius 2 is 1.48 bits per heavy atom. The average molecular weight is 370 g/mol. The van der Waals surface area contributed by atoms with Gasteiger partial charge in [0.25, 0.3) is 5.91 Å². The van der Waals surface area contributed by atoms with Gasteiger partial charge in [0.15, 0.2) is 0 Å². The summed E-state index contributed by atoms with van der Waals surface area (Å²) >= 11 is 12.1. The van der Waals surface area contributed by atoms with Gasteiger partial charge in [-0.25, -0.2) is 0 Å². The van der Waals surface area contributed by atoms with E-state index in [1.165, 1.54) is 0 Å². The summed E-state index contributed by atoms with van der Waals surface area (Å²) < 4.78 is 0. The number of amides is 1. The van der Waals surface area contributed by atoms with Crippen LogP contribution in [-0.2, 0) is 6.54 Å². The summed E-state index contributed by atoms with van der Waals surface area (Å²) in [4.78, 5) is 14.6. The molecule has 0 aliphatic carbocycles. The molecule has 0 spiro atoms. The molecule has 3 aromatic carbocycles. The third kappa shape index (κ3) is 4.22. The molecule has 1 amide bonds. The van der Waals surface area contributed by atoms with E-state index in [9.17, 15) is 4.79 Å². The van der Waals surface area contributed by atoms with Crippen molar-refractivity contribution in [2.45, 2.75) is 6.54 Å². The Bertz CT molecular complexity index is 873. The lowest BCUT2D eigenvalue weighted by atomic mass is 9.99. The minimum Gasteiger partial charge on any atom is -0.337 e. The minimum atomic E-state index is -0.0458. The van der Waals surface area contributed by atoms with E-state index in [0.717, 1.165) is 16.7 Å². The standard InChI is InChI=1S/C21H17Cl2NO/c1-24(14-15-11-17(22)13-18(23)12-15)21(25)20-10-6-5-9-19(20)16-7-3-2-4-8-16/h2-13H,14H2,1H3. The molecule has 0 fully saturated rings. The summed E-state index contributed by atoms with van der Waals surface area (Å²) in [7, 11) is 1.78. The normalized spacial score (nSPS) is 10.5. The third-order valence-corrected chi connectivity index (χ3v) is 4.37. The molecule has 4 heteroatoms. The van der Waals surface area contributed by atoms with E-state index in [-0.39, 0.29) is 5.91 Å². The molecule has 0 heterocycles. The zero-order valence-corrected chi connectivity index (χ0v) is 15.3. The number of halogens is 2. The molecule has 0 radical (unpaired) electrons. The maximum absolute atomic E-state index is 13.0. The van der Waals surface area contributed by atoms with Crippen molar-refractivity contribution in [3.8, 4) is 11.1 Å². The fraction of sp³-hybridized carbons (Fsp3) is 0.0952. The van der Waals surface area contributed by atoms with Crippen LogP contribution in [-0.4, -0.2) is 17.9 Å². The Morgan fingerprint density at radius 3 is 2.16 bits per heavy atom. The summed E-state index contributed by atoms with van der Waals surface area (Å²) in [6.07, 6.45) is 0. The van der Waals surface area contributed by atoms with Crippen molar-refractivity contribution in [2.24, 2.45) is 0 Å². The Hall–Kier alpha value is -2.29. The monoisotopic (exact) mass is 369 g/mol. The summed E-state index contributed by atoms with van der Waals surface area (Å²) in [6.45, 7) is 0.433. The summed E-state index contributed by atoms with van der Waals surface area (Å²) in [5, 5.41) is 1.13. The molecule has 0 atom stereocenters. The zero-order valence-electron chi connectivity index (χ0n) is 13.7. The topological polar surface area (TPSA) is 20.3 Å². The Morgan fingerprint density at radius 1 is 0.880 bits per heavy atom. The first-order valence-electron chi connectivity index (χ1n) is 7.89. The van der Waals surface area contributed by atoms with Crippen LogP contribution in [0.25, 0.3) is 11.1 Å². The van der Waals surface area contributed by atoms with E-state index in [1.54, 1.807) is 18.0 Å². The van der Waals surface area contributed by atoms with Gasteiger partial charge in [0.2, 0.25) is 0 Å². The third-order valence-electron chi connectivity index (χ3n) is 3.93. The van der Waals surface area contributed by atoms with Crippen molar-refractivity contribution in [2.75, 3.05) is 7.05 Å². The molecule has 0 unspecified atom stereocenters. The fourth-order valence-electron chi connectivity index (χ4n) is 2.79. The van der Waals surface area contributed by atoms with Gasteiger partial charge in [0, 0.05) is 29.2 Å². The van der Waals surface area contributed by atoms with E-state index in [2.05, 4.69) is 0 Å². The predicted octanol–water partition coefficient (Wildman–Crippen LogP) is 5.93. The highest BCUT2D eigenvalue weighted by Gasteiger charge is 2.17. The lowest BCUT2D eigenvalue weighted by Crippen LogP contribution is -2.26. The van der Waals surface area contributed by atoms with Crippen molar-refractivity contribution in [3.63, 3.8) is 0 Å². The number of rotatable bonds is 4. The van der Waals surface area contributed by atoms with Crippen LogP contribution in [0.3, 0.4) is 0 Å². The maximum atomic E-state index is 13.0. The summed E-state index contributed by atoms with van der Waals surface area (Å²) in [6, 6.07) is 22.9.